The summed E-state index contributed by atoms with van der Waals surface area (Å²) in [5.74, 6) is 0. The highest BCUT2D eigenvalue weighted by Crippen LogP contribution is 2.33. The Labute approximate surface area is 109 Å². The molecular weight excluding hydrogens is 264 g/mol. The van der Waals surface area contributed by atoms with E-state index in [2.05, 4.69) is 4.98 Å². The van der Waals surface area contributed by atoms with E-state index in [4.69, 9.17) is 34.8 Å². The molecule has 4 heteroatoms. The molecule has 1 aromatic heterocycles. The van der Waals surface area contributed by atoms with Gasteiger partial charge >= 0.3 is 0 Å². The van der Waals surface area contributed by atoms with Crippen molar-refractivity contribution in [1.29, 1.82) is 0 Å². The van der Waals surface area contributed by atoms with Crippen LogP contribution in [0.1, 0.15) is 5.56 Å². The van der Waals surface area contributed by atoms with Crippen molar-refractivity contribution in [1.82, 2.24) is 4.98 Å². The maximum absolute atomic E-state index is 6.10. The van der Waals surface area contributed by atoms with E-state index in [1.165, 1.54) is 0 Å². The van der Waals surface area contributed by atoms with Crippen molar-refractivity contribution < 1.29 is 0 Å². The predicted octanol–water partition coefficient (Wildman–Crippen LogP) is 5.02. The third kappa shape index (κ3) is 2.17. The molecule has 0 atom stereocenters. The van der Waals surface area contributed by atoms with Gasteiger partial charge in [-0.15, -0.1) is 0 Å². The molecular formula is C12H8Cl3N. The molecule has 0 aliphatic heterocycles. The molecule has 0 spiro atoms. The fraction of sp³-hybridized carbons (Fsp3) is 0.0833. The SMILES string of the molecule is Cc1ccccc1-c1nc(Cl)c(Cl)cc1Cl. The average molecular weight is 273 g/mol. The van der Waals surface area contributed by atoms with Gasteiger partial charge in [0.2, 0.25) is 0 Å². The van der Waals surface area contributed by atoms with E-state index >= 15 is 0 Å². The monoisotopic (exact) mass is 271 g/mol. The summed E-state index contributed by atoms with van der Waals surface area (Å²) in [6, 6.07) is 9.46. The summed E-state index contributed by atoms with van der Waals surface area (Å²) in [6.07, 6.45) is 0. The Morgan fingerprint density at radius 2 is 1.69 bits per heavy atom. The molecule has 0 radical (unpaired) electrons. The summed E-state index contributed by atoms with van der Waals surface area (Å²) >= 11 is 17.8. The molecule has 0 unspecified atom stereocenters. The van der Waals surface area contributed by atoms with Crippen LogP contribution >= 0.6 is 34.8 Å². The Kier molecular flexibility index (Phi) is 3.38. The van der Waals surface area contributed by atoms with Gasteiger partial charge in [0.05, 0.1) is 15.7 Å². The van der Waals surface area contributed by atoms with Gasteiger partial charge in [-0.05, 0) is 18.6 Å². The van der Waals surface area contributed by atoms with Crippen molar-refractivity contribution in [3.63, 3.8) is 0 Å². The van der Waals surface area contributed by atoms with Crippen molar-refractivity contribution in [2.75, 3.05) is 0 Å². The number of rotatable bonds is 1. The highest BCUT2D eigenvalue weighted by atomic mass is 35.5. The molecule has 1 aromatic carbocycles. The molecule has 0 saturated heterocycles. The minimum atomic E-state index is 0.268. The van der Waals surface area contributed by atoms with E-state index in [0.717, 1.165) is 11.1 Å². The lowest BCUT2D eigenvalue weighted by molar-refractivity contribution is 1.30. The number of hydrogen-bond donors (Lipinski definition) is 0. The van der Waals surface area contributed by atoms with Crippen LogP contribution in [0.2, 0.25) is 15.2 Å². The molecule has 16 heavy (non-hydrogen) atoms. The van der Waals surface area contributed by atoms with Gasteiger partial charge in [0.1, 0.15) is 5.15 Å². The van der Waals surface area contributed by atoms with Crippen molar-refractivity contribution in [3.05, 3.63) is 51.1 Å². The van der Waals surface area contributed by atoms with E-state index in [1.807, 2.05) is 31.2 Å². The van der Waals surface area contributed by atoms with Crippen LogP contribution in [0.3, 0.4) is 0 Å². The molecule has 0 N–H and O–H groups in total. The number of pyridine rings is 1. The van der Waals surface area contributed by atoms with Crippen LogP contribution in [0.15, 0.2) is 30.3 Å². The summed E-state index contributed by atoms with van der Waals surface area (Å²) in [5.41, 5.74) is 2.72. The first-order chi connectivity index (χ1) is 7.59. The summed E-state index contributed by atoms with van der Waals surface area (Å²) < 4.78 is 0. The predicted molar refractivity (Wildman–Crippen MR) is 69.4 cm³/mol. The second-order valence-corrected chi connectivity index (χ2v) is 4.58. The van der Waals surface area contributed by atoms with E-state index in [-0.39, 0.29) is 5.15 Å². The first-order valence-corrected chi connectivity index (χ1v) is 5.80. The van der Waals surface area contributed by atoms with Gasteiger partial charge in [0.25, 0.3) is 0 Å². The van der Waals surface area contributed by atoms with Crippen LogP contribution in [-0.4, -0.2) is 4.98 Å². The normalized spacial score (nSPS) is 10.5. The molecule has 0 saturated carbocycles. The highest BCUT2D eigenvalue weighted by molar-refractivity contribution is 6.43. The largest absolute Gasteiger partial charge is 0.233 e. The van der Waals surface area contributed by atoms with E-state index < -0.39 is 0 Å². The molecule has 0 aliphatic carbocycles. The zero-order valence-corrected chi connectivity index (χ0v) is 10.7. The second-order valence-electron chi connectivity index (χ2n) is 3.41. The maximum atomic E-state index is 6.10. The van der Waals surface area contributed by atoms with Crippen molar-refractivity contribution in [2.45, 2.75) is 6.92 Å². The molecule has 2 rings (SSSR count). The lowest BCUT2D eigenvalue weighted by Crippen LogP contribution is -1.89. The Bertz CT molecular complexity index is 538. The van der Waals surface area contributed by atoms with Gasteiger partial charge in [0, 0.05) is 5.56 Å². The fourth-order valence-electron chi connectivity index (χ4n) is 1.47. The molecule has 0 amide bonds. The number of aromatic nitrogens is 1. The lowest BCUT2D eigenvalue weighted by Gasteiger charge is -2.08. The average Bonchev–Trinajstić information content (AvgIpc) is 2.25. The quantitative estimate of drug-likeness (QED) is 0.664. The number of aryl methyl sites for hydroxylation is 1. The van der Waals surface area contributed by atoms with Crippen molar-refractivity contribution >= 4 is 34.8 Å². The molecule has 1 heterocycles. The first kappa shape index (κ1) is 11.7. The van der Waals surface area contributed by atoms with Gasteiger partial charge in [-0.2, -0.15) is 0 Å². The second kappa shape index (κ2) is 4.62. The van der Waals surface area contributed by atoms with Crippen LogP contribution in [0.4, 0.5) is 0 Å². The number of halogens is 3. The van der Waals surface area contributed by atoms with Crippen LogP contribution in [0.5, 0.6) is 0 Å². The van der Waals surface area contributed by atoms with Crippen LogP contribution in [-0.2, 0) is 0 Å². The molecule has 0 bridgehead atoms. The van der Waals surface area contributed by atoms with Crippen molar-refractivity contribution in [2.24, 2.45) is 0 Å². The number of nitrogens with zero attached hydrogens (tertiary/aromatic N) is 1. The highest BCUT2D eigenvalue weighted by Gasteiger charge is 2.11. The Balaban J connectivity index is 2.65. The standard InChI is InChI=1S/C12H8Cl3N/c1-7-4-2-3-5-8(7)11-9(13)6-10(14)12(15)16-11/h2-6H,1H3. The van der Waals surface area contributed by atoms with Crippen molar-refractivity contribution in [3.8, 4) is 11.3 Å². The van der Waals surface area contributed by atoms with E-state index in [1.54, 1.807) is 6.07 Å². The van der Waals surface area contributed by atoms with Crippen LogP contribution in [0.25, 0.3) is 11.3 Å². The third-order valence-electron chi connectivity index (χ3n) is 2.29. The number of benzene rings is 1. The van der Waals surface area contributed by atoms with E-state index in [9.17, 15) is 0 Å². The molecule has 0 aliphatic rings. The van der Waals surface area contributed by atoms with Crippen LogP contribution in [0, 0.1) is 6.92 Å². The van der Waals surface area contributed by atoms with Gasteiger partial charge < -0.3 is 0 Å². The van der Waals surface area contributed by atoms with Gasteiger partial charge in [-0.25, -0.2) is 4.98 Å². The smallest absolute Gasteiger partial charge is 0.148 e. The zero-order valence-electron chi connectivity index (χ0n) is 8.47. The summed E-state index contributed by atoms with van der Waals surface area (Å²) in [5, 5.41) is 1.14. The molecule has 1 nitrogen and oxygen atoms in total. The fourth-order valence-corrected chi connectivity index (χ4v) is 2.07. The van der Waals surface area contributed by atoms with Gasteiger partial charge in [-0.3, -0.25) is 0 Å². The van der Waals surface area contributed by atoms with E-state index in [0.29, 0.717) is 15.7 Å². The topological polar surface area (TPSA) is 12.9 Å². The first-order valence-electron chi connectivity index (χ1n) is 4.67. The molecule has 0 fully saturated rings. The summed E-state index contributed by atoms with van der Waals surface area (Å²) in [7, 11) is 0. The molecule has 2 aromatic rings. The third-order valence-corrected chi connectivity index (χ3v) is 3.25. The number of hydrogen-bond acceptors (Lipinski definition) is 1. The Morgan fingerprint density at radius 1 is 1.00 bits per heavy atom. The Hall–Kier alpha value is -0.760. The maximum Gasteiger partial charge on any atom is 0.148 e. The Morgan fingerprint density at radius 3 is 2.38 bits per heavy atom. The van der Waals surface area contributed by atoms with Crippen LogP contribution < -0.4 is 0 Å². The summed E-state index contributed by atoms with van der Waals surface area (Å²) in [4.78, 5) is 4.20. The minimum absolute atomic E-state index is 0.268. The van der Waals surface area contributed by atoms with Gasteiger partial charge in [-0.1, -0.05) is 59.1 Å². The molecule has 82 valence electrons. The minimum Gasteiger partial charge on any atom is -0.233 e. The summed E-state index contributed by atoms with van der Waals surface area (Å²) in [6.45, 7) is 2.00. The van der Waals surface area contributed by atoms with Gasteiger partial charge in [0.15, 0.2) is 0 Å². The zero-order chi connectivity index (χ0) is 11.7. The lowest BCUT2D eigenvalue weighted by atomic mass is 10.1.